The monoisotopic (exact) mass is 418 g/mol. The predicted octanol–water partition coefficient (Wildman–Crippen LogP) is 3.04. The first-order valence-corrected chi connectivity index (χ1v) is 8.37. The lowest BCUT2D eigenvalue weighted by Crippen LogP contribution is -2.31. The normalized spacial score (nSPS) is 12.1. The van der Waals surface area contributed by atoms with Gasteiger partial charge in [0.15, 0.2) is 0 Å². The molecule has 9 heteroatoms. The molecule has 2 aromatic rings. The van der Waals surface area contributed by atoms with E-state index in [1.165, 1.54) is 12.1 Å². The summed E-state index contributed by atoms with van der Waals surface area (Å²) in [6, 6.07) is 13.8. The molecule has 2 aromatic carbocycles. The Kier molecular flexibility index (Phi) is 9.95. The number of aliphatic hydroxyl groups excluding tert-OH is 1. The van der Waals surface area contributed by atoms with Crippen LogP contribution in [0.5, 0.6) is 0 Å². The molecule has 0 fully saturated rings. The van der Waals surface area contributed by atoms with Crippen LogP contribution in [0, 0.1) is 0 Å². The van der Waals surface area contributed by atoms with E-state index in [2.05, 4.69) is 10.8 Å². The van der Waals surface area contributed by atoms with Gasteiger partial charge in [-0.1, -0.05) is 42.5 Å². The number of hydroxylamine groups is 1. The molecule has 0 aliphatic heterocycles. The highest BCUT2D eigenvalue weighted by Crippen LogP contribution is 2.30. The van der Waals surface area contributed by atoms with Gasteiger partial charge in [-0.2, -0.15) is 13.2 Å². The maximum absolute atomic E-state index is 12.7. The highest BCUT2D eigenvalue weighted by atomic mass is 35.5. The lowest BCUT2D eigenvalue weighted by atomic mass is 10.1. The minimum atomic E-state index is -4.45. The van der Waals surface area contributed by atoms with Crippen LogP contribution in [0.25, 0.3) is 0 Å². The number of nitrogens with one attached hydrogen (secondary N) is 2. The molecule has 1 unspecified atom stereocenters. The van der Waals surface area contributed by atoms with Gasteiger partial charge >= 0.3 is 6.18 Å². The number of hydrogen-bond acceptors (Lipinski definition) is 4. The minimum Gasteiger partial charge on any atom is -0.387 e. The molecular formula is C19H22ClF3N2O3. The maximum Gasteiger partial charge on any atom is 0.416 e. The second-order valence-corrected chi connectivity index (χ2v) is 5.88. The third-order valence-electron chi connectivity index (χ3n) is 3.71. The summed E-state index contributed by atoms with van der Waals surface area (Å²) >= 11 is 0. The molecule has 154 valence electrons. The number of halogens is 4. The third-order valence-corrected chi connectivity index (χ3v) is 3.71. The summed E-state index contributed by atoms with van der Waals surface area (Å²) in [5, 5.41) is 12.8. The topological polar surface area (TPSA) is 70.6 Å². The van der Waals surface area contributed by atoms with Gasteiger partial charge in [0.1, 0.15) is 0 Å². The van der Waals surface area contributed by atoms with E-state index < -0.39 is 17.8 Å². The zero-order chi connectivity index (χ0) is 19.7. The molecule has 0 aliphatic carbocycles. The van der Waals surface area contributed by atoms with Crippen LogP contribution in [0.1, 0.15) is 22.8 Å². The minimum absolute atomic E-state index is 0. The van der Waals surface area contributed by atoms with Gasteiger partial charge in [0.2, 0.25) is 5.91 Å². The molecule has 0 spiro atoms. The average molecular weight is 419 g/mol. The van der Waals surface area contributed by atoms with Crippen LogP contribution in [-0.4, -0.2) is 30.7 Å². The molecule has 1 amide bonds. The molecule has 0 aromatic heterocycles. The first-order valence-electron chi connectivity index (χ1n) is 8.37. The summed E-state index contributed by atoms with van der Waals surface area (Å²) in [4.78, 5) is 16.7. The Bertz CT molecular complexity index is 730. The Labute approximate surface area is 167 Å². The van der Waals surface area contributed by atoms with Crippen molar-refractivity contribution in [1.29, 1.82) is 0 Å². The van der Waals surface area contributed by atoms with E-state index >= 15 is 0 Å². The van der Waals surface area contributed by atoms with Crippen molar-refractivity contribution in [3.8, 4) is 0 Å². The fourth-order valence-electron chi connectivity index (χ4n) is 2.35. The number of alkyl halides is 3. The maximum atomic E-state index is 12.7. The second kappa shape index (κ2) is 11.7. The zero-order valence-electron chi connectivity index (χ0n) is 14.9. The number of rotatable bonds is 9. The van der Waals surface area contributed by atoms with Crippen LogP contribution in [0.4, 0.5) is 13.2 Å². The van der Waals surface area contributed by atoms with Gasteiger partial charge in [0.25, 0.3) is 0 Å². The van der Waals surface area contributed by atoms with E-state index in [4.69, 9.17) is 4.84 Å². The number of amides is 1. The van der Waals surface area contributed by atoms with Crippen molar-refractivity contribution < 1.29 is 27.9 Å². The molecule has 28 heavy (non-hydrogen) atoms. The average Bonchev–Trinajstić information content (AvgIpc) is 2.64. The fraction of sp³-hybridized carbons (Fsp3) is 0.316. The number of benzene rings is 2. The van der Waals surface area contributed by atoms with Crippen molar-refractivity contribution in [3.05, 3.63) is 71.3 Å². The van der Waals surface area contributed by atoms with E-state index in [9.17, 15) is 23.1 Å². The zero-order valence-corrected chi connectivity index (χ0v) is 15.7. The van der Waals surface area contributed by atoms with Crippen LogP contribution >= 0.6 is 12.4 Å². The predicted molar refractivity (Wildman–Crippen MR) is 101 cm³/mol. The van der Waals surface area contributed by atoms with Crippen molar-refractivity contribution in [3.63, 3.8) is 0 Å². The molecule has 0 radical (unpaired) electrons. The summed E-state index contributed by atoms with van der Waals surface area (Å²) in [6.07, 6.45) is -5.34. The summed E-state index contributed by atoms with van der Waals surface area (Å²) in [5.74, 6) is -0.287. The Morgan fingerprint density at radius 3 is 2.50 bits per heavy atom. The molecular weight excluding hydrogens is 397 g/mol. The quantitative estimate of drug-likeness (QED) is 0.432. The van der Waals surface area contributed by atoms with E-state index in [0.29, 0.717) is 6.54 Å². The van der Waals surface area contributed by atoms with Gasteiger partial charge in [-0.15, -0.1) is 12.4 Å². The van der Waals surface area contributed by atoms with E-state index in [1.54, 1.807) is 0 Å². The molecule has 3 N–H and O–H groups in total. The first kappa shape index (κ1) is 23.9. The number of carbonyl (C=O) groups excluding carboxylic acids is 1. The summed E-state index contributed by atoms with van der Waals surface area (Å²) in [7, 11) is 0. The Hall–Kier alpha value is -2.13. The highest BCUT2D eigenvalue weighted by Gasteiger charge is 2.30. The lowest BCUT2D eigenvalue weighted by Gasteiger charge is -2.14. The van der Waals surface area contributed by atoms with Gasteiger partial charge in [-0.05, 0) is 23.3 Å². The van der Waals surface area contributed by atoms with Crippen LogP contribution < -0.4 is 10.8 Å². The smallest absolute Gasteiger partial charge is 0.387 e. The van der Waals surface area contributed by atoms with Crippen molar-refractivity contribution in [2.75, 3.05) is 19.7 Å². The number of aliphatic hydroxyl groups is 1. The molecule has 1 atom stereocenters. The molecule has 0 saturated heterocycles. The standard InChI is InChI=1S/C19H21F3N2O3.ClH/c20-19(21,22)16-8-4-7-15(12-16)17(25)13-23-9-10-27-24-18(26)11-14-5-2-1-3-6-14;/h1-8,12,17,23,25H,9-11,13H2,(H,24,26);1H. The third kappa shape index (κ3) is 8.26. The summed E-state index contributed by atoms with van der Waals surface area (Å²) in [5.41, 5.74) is 2.54. The Morgan fingerprint density at radius 1 is 1.11 bits per heavy atom. The van der Waals surface area contributed by atoms with E-state index in [-0.39, 0.29) is 43.5 Å². The van der Waals surface area contributed by atoms with Crippen LogP contribution in [-0.2, 0) is 22.2 Å². The molecule has 0 aliphatic rings. The van der Waals surface area contributed by atoms with Crippen molar-refractivity contribution in [1.82, 2.24) is 10.8 Å². The van der Waals surface area contributed by atoms with E-state index in [1.807, 2.05) is 30.3 Å². The molecule has 0 saturated carbocycles. The fourth-order valence-corrected chi connectivity index (χ4v) is 2.35. The van der Waals surface area contributed by atoms with Gasteiger partial charge < -0.3 is 10.4 Å². The lowest BCUT2D eigenvalue weighted by molar-refractivity contribution is -0.137. The SMILES string of the molecule is Cl.O=C(Cc1ccccc1)NOCCNCC(O)c1cccc(C(F)(F)F)c1. The summed E-state index contributed by atoms with van der Waals surface area (Å²) in [6.45, 7) is 0.514. The molecule has 0 bridgehead atoms. The number of carbonyl (C=O) groups is 1. The first-order chi connectivity index (χ1) is 12.9. The van der Waals surface area contributed by atoms with Crippen LogP contribution in [0.2, 0.25) is 0 Å². The second-order valence-electron chi connectivity index (χ2n) is 5.88. The Morgan fingerprint density at radius 2 is 1.82 bits per heavy atom. The summed E-state index contributed by atoms with van der Waals surface area (Å²) < 4.78 is 38.0. The van der Waals surface area contributed by atoms with Crippen molar-refractivity contribution in [2.45, 2.75) is 18.7 Å². The molecule has 0 heterocycles. The number of hydrogen-bond donors (Lipinski definition) is 3. The van der Waals surface area contributed by atoms with Gasteiger partial charge in [0.05, 0.1) is 24.7 Å². The largest absolute Gasteiger partial charge is 0.416 e. The Balaban J connectivity index is 0.00000392. The van der Waals surface area contributed by atoms with Crippen LogP contribution in [0.15, 0.2) is 54.6 Å². The van der Waals surface area contributed by atoms with Gasteiger partial charge in [-0.25, -0.2) is 5.48 Å². The van der Waals surface area contributed by atoms with Crippen LogP contribution in [0.3, 0.4) is 0 Å². The molecule has 2 rings (SSSR count). The van der Waals surface area contributed by atoms with Crippen molar-refractivity contribution >= 4 is 18.3 Å². The molecule has 5 nitrogen and oxygen atoms in total. The highest BCUT2D eigenvalue weighted by molar-refractivity contribution is 5.85. The van der Waals surface area contributed by atoms with Gasteiger partial charge in [0, 0.05) is 13.1 Å². The van der Waals surface area contributed by atoms with Gasteiger partial charge in [-0.3, -0.25) is 9.63 Å². The van der Waals surface area contributed by atoms with E-state index in [0.717, 1.165) is 17.7 Å². The van der Waals surface area contributed by atoms with Crippen molar-refractivity contribution in [2.24, 2.45) is 0 Å².